The van der Waals surface area contributed by atoms with Crippen LogP contribution < -0.4 is 5.32 Å². The van der Waals surface area contributed by atoms with Gasteiger partial charge in [-0.25, -0.2) is 9.59 Å². The van der Waals surface area contributed by atoms with Crippen LogP contribution in [0.3, 0.4) is 0 Å². The molecule has 0 aliphatic rings. The van der Waals surface area contributed by atoms with E-state index in [2.05, 4.69) is 22.2 Å². The number of aliphatic imine (C=N–C) groups is 1. The Morgan fingerprint density at radius 1 is 1.13 bits per heavy atom. The second kappa shape index (κ2) is 8.83. The maximum atomic E-state index is 11.5. The lowest BCUT2D eigenvalue weighted by molar-refractivity contribution is 0.141. The first-order valence-corrected chi connectivity index (χ1v) is 6.89. The highest BCUT2D eigenvalue weighted by atomic mass is 16.5. The number of alkyl carbamates (subject to hydrolysis) is 1. The predicted octanol–water partition coefficient (Wildman–Crippen LogP) is 2.93. The summed E-state index contributed by atoms with van der Waals surface area (Å²) in [4.78, 5) is 25.2. The molecule has 23 heavy (non-hydrogen) atoms. The summed E-state index contributed by atoms with van der Waals surface area (Å²) in [6.45, 7) is 0.376. The monoisotopic (exact) mass is 306 g/mol. The maximum absolute atomic E-state index is 11.5. The van der Waals surface area contributed by atoms with Crippen LogP contribution in [-0.4, -0.2) is 18.7 Å². The zero-order chi connectivity index (χ0) is 16.3. The Hall–Kier alpha value is -3.35. The molecule has 0 bridgehead atoms. The fourth-order valence-electron chi connectivity index (χ4n) is 1.74. The molecule has 0 saturated heterocycles. The topological polar surface area (TPSA) is 67.8 Å². The van der Waals surface area contributed by atoms with Gasteiger partial charge in [0.1, 0.15) is 6.61 Å². The van der Waals surface area contributed by atoms with Gasteiger partial charge in [0, 0.05) is 5.56 Å². The molecule has 114 valence electrons. The number of hydrogen-bond acceptors (Lipinski definition) is 4. The lowest BCUT2D eigenvalue weighted by Gasteiger charge is -2.04. The number of carbonyl (C=O) groups is 1. The van der Waals surface area contributed by atoms with Crippen molar-refractivity contribution in [1.82, 2.24) is 5.32 Å². The average Bonchev–Trinajstić information content (AvgIpc) is 2.58. The Kier molecular flexibility index (Phi) is 6.15. The van der Waals surface area contributed by atoms with E-state index < -0.39 is 6.09 Å². The summed E-state index contributed by atoms with van der Waals surface area (Å²) in [7, 11) is 0. The molecule has 0 saturated carbocycles. The highest BCUT2D eigenvalue weighted by Gasteiger charge is 2.00. The van der Waals surface area contributed by atoms with Gasteiger partial charge in [0.15, 0.2) is 0 Å². The van der Waals surface area contributed by atoms with Crippen LogP contribution >= 0.6 is 0 Å². The number of nitrogens with one attached hydrogen (secondary N) is 1. The van der Waals surface area contributed by atoms with Gasteiger partial charge in [-0.3, -0.25) is 0 Å². The number of benzene rings is 2. The smallest absolute Gasteiger partial charge is 0.408 e. The number of nitrogens with zero attached hydrogens (tertiary/aromatic N) is 1. The van der Waals surface area contributed by atoms with Crippen LogP contribution in [-0.2, 0) is 16.1 Å². The van der Waals surface area contributed by atoms with E-state index >= 15 is 0 Å². The Morgan fingerprint density at radius 2 is 1.96 bits per heavy atom. The first-order valence-electron chi connectivity index (χ1n) is 6.89. The SMILES string of the molecule is O=C=Nc1cccc(C#CCNC(=O)OCc2ccccc2)c1. The van der Waals surface area contributed by atoms with Gasteiger partial charge in [-0.1, -0.05) is 48.2 Å². The van der Waals surface area contributed by atoms with E-state index in [1.165, 1.54) is 6.08 Å². The number of rotatable bonds is 4. The maximum Gasteiger partial charge on any atom is 0.408 e. The molecule has 2 rings (SSSR count). The number of ether oxygens (including phenoxy) is 1. The molecule has 5 heteroatoms. The average molecular weight is 306 g/mol. The summed E-state index contributed by atoms with van der Waals surface area (Å²) < 4.78 is 5.06. The molecule has 2 aromatic rings. The van der Waals surface area contributed by atoms with Crippen molar-refractivity contribution >= 4 is 17.9 Å². The van der Waals surface area contributed by atoms with Gasteiger partial charge in [-0.15, -0.1) is 0 Å². The third kappa shape index (κ3) is 5.88. The van der Waals surface area contributed by atoms with Gasteiger partial charge in [0.25, 0.3) is 0 Å². The zero-order valence-corrected chi connectivity index (χ0v) is 12.3. The third-order valence-corrected chi connectivity index (χ3v) is 2.79. The highest BCUT2D eigenvalue weighted by molar-refractivity contribution is 5.67. The lowest BCUT2D eigenvalue weighted by atomic mass is 10.2. The quantitative estimate of drug-likeness (QED) is 0.536. The van der Waals surface area contributed by atoms with Crippen molar-refractivity contribution < 1.29 is 14.3 Å². The molecule has 0 radical (unpaired) electrons. The second-order valence-electron chi connectivity index (χ2n) is 4.47. The van der Waals surface area contributed by atoms with Crippen LogP contribution in [0.4, 0.5) is 10.5 Å². The van der Waals surface area contributed by atoms with E-state index in [1.54, 1.807) is 24.3 Å². The minimum Gasteiger partial charge on any atom is -0.445 e. The van der Waals surface area contributed by atoms with Gasteiger partial charge in [-0.2, -0.15) is 4.99 Å². The summed E-state index contributed by atoms with van der Waals surface area (Å²) in [6.07, 6.45) is 0.949. The second-order valence-corrected chi connectivity index (χ2v) is 4.47. The van der Waals surface area contributed by atoms with Crippen molar-refractivity contribution in [2.75, 3.05) is 6.54 Å². The number of isocyanates is 1. The van der Waals surface area contributed by atoms with E-state index in [1.807, 2.05) is 30.3 Å². The normalized spacial score (nSPS) is 9.04. The summed E-state index contributed by atoms with van der Waals surface area (Å²) in [5.41, 5.74) is 2.10. The van der Waals surface area contributed by atoms with Gasteiger partial charge >= 0.3 is 6.09 Å². The van der Waals surface area contributed by atoms with Crippen molar-refractivity contribution in [3.8, 4) is 11.8 Å². The van der Waals surface area contributed by atoms with Gasteiger partial charge in [0.05, 0.1) is 12.2 Å². The van der Waals surface area contributed by atoms with Crippen LogP contribution in [0.5, 0.6) is 0 Å². The summed E-state index contributed by atoms with van der Waals surface area (Å²) in [6, 6.07) is 16.3. The van der Waals surface area contributed by atoms with Crippen LogP contribution in [0.25, 0.3) is 0 Å². The molecule has 0 atom stereocenters. The van der Waals surface area contributed by atoms with E-state index in [0.29, 0.717) is 11.3 Å². The molecule has 1 amide bonds. The molecule has 1 N–H and O–H groups in total. The molecule has 0 aliphatic carbocycles. The fraction of sp³-hybridized carbons (Fsp3) is 0.111. The van der Waals surface area contributed by atoms with Crippen LogP contribution in [0.1, 0.15) is 11.1 Å². The van der Waals surface area contributed by atoms with E-state index in [9.17, 15) is 9.59 Å². The van der Waals surface area contributed by atoms with E-state index in [0.717, 1.165) is 5.56 Å². The van der Waals surface area contributed by atoms with Gasteiger partial charge < -0.3 is 10.1 Å². The molecule has 0 aliphatic heterocycles. The van der Waals surface area contributed by atoms with Crippen LogP contribution in [0.15, 0.2) is 59.6 Å². The number of amides is 1. The molecule has 0 heterocycles. The Bertz CT molecular complexity index is 770. The Labute approximate surface area is 134 Å². The van der Waals surface area contributed by atoms with Crippen molar-refractivity contribution in [2.24, 2.45) is 4.99 Å². The summed E-state index contributed by atoms with van der Waals surface area (Å²) in [5, 5.41) is 2.54. The first kappa shape index (κ1) is 16.0. The van der Waals surface area contributed by atoms with Crippen molar-refractivity contribution in [2.45, 2.75) is 6.61 Å². The standard InChI is InChI=1S/C18H14N2O3/c21-14-20-17-10-4-8-15(12-17)9-5-11-19-18(22)23-13-16-6-2-1-3-7-16/h1-4,6-8,10,12H,11,13H2,(H,19,22). The largest absolute Gasteiger partial charge is 0.445 e. The van der Waals surface area contributed by atoms with Crippen molar-refractivity contribution in [1.29, 1.82) is 0 Å². The van der Waals surface area contributed by atoms with E-state index in [-0.39, 0.29) is 13.2 Å². The van der Waals surface area contributed by atoms with Crippen LogP contribution in [0.2, 0.25) is 0 Å². The minimum absolute atomic E-state index is 0.162. The Morgan fingerprint density at radius 3 is 2.74 bits per heavy atom. The summed E-state index contributed by atoms with van der Waals surface area (Å²) in [5.74, 6) is 5.66. The summed E-state index contributed by atoms with van der Waals surface area (Å²) >= 11 is 0. The minimum atomic E-state index is -0.526. The zero-order valence-electron chi connectivity index (χ0n) is 12.3. The first-order chi connectivity index (χ1) is 11.3. The number of hydrogen-bond donors (Lipinski definition) is 1. The molecule has 0 fully saturated rings. The molecule has 0 spiro atoms. The molecule has 5 nitrogen and oxygen atoms in total. The van der Waals surface area contributed by atoms with Crippen LogP contribution in [0, 0.1) is 11.8 Å². The van der Waals surface area contributed by atoms with Gasteiger partial charge in [-0.05, 0) is 23.8 Å². The van der Waals surface area contributed by atoms with Gasteiger partial charge in [0.2, 0.25) is 6.08 Å². The third-order valence-electron chi connectivity index (χ3n) is 2.79. The molecular weight excluding hydrogens is 292 g/mol. The molecule has 2 aromatic carbocycles. The number of carbonyl (C=O) groups excluding carboxylic acids is 2. The predicted molar refractivity (Wildman–Crippen MR) is 85.7 cm³/mol. The Balaban J connectivity index is 1.77. The van der Waals surface area contributed by atoms with Crippen molar-refractivity contribution in [3.63, 3.8) is 0 Å². The highest BCUT2D eigenvalue weighted by Crippen LogP contribution is 2.12. The lowest BCUT2D eigenvalue weighted by Crippen LogP contribution is -2.24. The van der Waals surface area contributed by atoms with Crippen molar-refractivity contribution in [3.05, 3.63) is 65.7 Å². The molecule has 0 aromatic heterocycles. The molecular formula is C18H14N2O3. The van der Waals surface area contributed by atoms with E-state index in [4.69, 9.17) is 4.74 Å². The fourth-order valence-corrected chi connectivity index (χ4v) is 1.74. The molecule has 0 unspecified atom stereocenters.